The van der Waals surface area contributed by atoms with Crippen molar-refractivity contribution in [3.05, 3.63) is 46.5 Å². The van der Waals surface area contributed by atoms with Crippen molar-refractivity contribution in [2.75, 3.05) is 26.5 Å². The van der Waals surface area contributed by atoms with Crippen molar-refractivity contribution in [2.24, 2.45) is 0 Å². The number of H-pyrrole nitrogens is 1. The molecule has 1 heterocycles. The van der Waals surface area contributed by atoms with E-state index in [2.05, 4.69) is 20.0 Å². The summed E-state index contributed by atoms with van der Waals surface area (Å²) < 4.78 is 29.9. The molecule has 1 aromatic heterocycles. The number of aromatic amines is 1. The van der Waals surface area contributed by atoms with Crippen molar-refractivity contribution in [2.45, 2.75) is 0 Å². The van der Waals surface area contributed by atoms with Gasteiger partial charge in [-0.1, -0.05) is 0 Å². The molecule has 2 aromatic rings. The Kier molecular flexibility index (Phi) is 5.88. The molecule has 0 atom stereocenters. The number of carbonyl (C=O) groups is 1. The molecule has 3 N–H and O–H groups in total. The predicted octanol–water partition coefficient (Wildman–Crippen LogP) is -0.275. The lowest BCUT2D eigenvalue weighted by atomic mass is 10.1. The van der Waals surface area contributed by atoms with Crippen molar-refractivity contribution >= 4 is 15.9 Å². The average molecular weight is 366 g/mol. The van der Waals surface area contributed by atoms with E-state index in [1.807, 2.05) is 0 Å². The third-order valence-corrected chi connectivity index (χ3v) is 4.71. The fourth-order valence-electron chi connectivity index (χ4n) is 1.99. The van der Waals surface area contributed by atoms with Crippen LogP contribution in [0.15, 0.2) is 35.1 Å². The maximum Gasteiger partial charge on any atom is 0.346 e. The number of amides is 1. The van der Waals surface area contributed by atoms with Gasteiger partial charge in [0.05, 0.1) is 18.6 Å². The van der Waals surface area contributed by atoms with Gasteiger partial charge in [-0.15, -0.1) is 0 Å². The molecule has 0 aliphatic carbocycles. The number of hydrogen-bond acceptors (Lipinski definition) is 6. The quantitative estimate of drug-likeness (QED) is 0.618. The van der Waals surface area contributed by atoms with Crippen LogP contribution in [-0.2, 0) is 10.0 Å². The molecule has 0 radical (unpaired) electrons. The highest BCUT2D eigenvalue weighted by Crippen LogP contribution is 2.20. The van der Waals surface area contributed by atoms with E-state index >= 15 is 0 Å². The van der Waals surface area contributed by atoms with Crippen molar-refractivity contribution < 1.29 is 17.9 Å². The van der Waals surface area contributed by atoms with Crippen LogP contribution in [0.4, 0.5) is 0 Å². The zero-order valence-electron chi connectivity index (χ0n) is 13.7. The van der Waals surface area contributed by atoms with E-state index < -0.39 is 21.6 Å². The van der Waals surface area contributed by atoms with Gasteiger partial charge in [-0.3, -0.25) is 4.79 Å². The molecule has 10 heteroatoms. The van der Waals surface area contributed by atoms with Crippen LogP contribution in [0.3, 0.4) is 0 Å². The summed E-state index contributed by atoms with van der Waals surface area (Å²) in [5.41, 5.74) is 0.270. The van der Waals surface area contributed by atoms with E-state index in [0.29, 0.717) is 17.0 Å². The molecule has 0 saturated carbocycles. The molecule has 0 bridgehead atoms. The van der Waals surface area contributed by atoms with E-state index in [1.54, 1.807) is 24.3 Å². The SMILES string of the molecule is CNS(=O)(=O)CCNC(=O)c1cc(-c2ccc(OC)cc2)nc(=O)[nH]1. The van der Waals surface area contributed by atoms with Gasteiger partial charge in [-0.05, 0) is 37.4 Å². The third kappa shape index (κ3) is 5.13. The Labute approximate surface area is 144 Å². The fourth-order valence-corrected chi connectivity index (χ4v) is 2.56. The topological polar surface area (TPSA) is 130 Å². The number of aromatic nitrogens is 2. The summed E-state index contributed by atoms with van der Waals surface area (Å²) in [6, 6.07) is 8.26. The standard InChI is InChI=1S/C15H18N4O5S/c1-16-25(22,23)8-7-17-14(20)13-9-12(18-15(21)19-13)10-3-5-11(24-2)6-4-10/h3-6,9,16H,7-8H2,1-2H3,(H,17,20)(H,18,19,21). The van der Waals surface area contributed by atoms with Gasteiger partial charge < -0.3 is 15.0 Å². The van der Waals surface area contributed by atoms with Gasteiger partial charge in [-0.25, -0.2) is 17.9 Å². The molecule has 25 heavy (non-hydrogen) atoms. The Morgan fingerprint density at radius 3 is 2.56 bits per heavy atom. The van der Waals surface area contributed by atoms with Crippen LogP contribution in [0, 0.1) is 0 Å². The molecule has 0 aliphatic rings. The second kappa shape index (κ2) is 7.90. The lowest BCUT2D eigenvalue weighted by molar-refractivity contribution is 0.0950. The molecule has 0 spiro atoms. The van der Waals surface area contributed by atoms with Gasteiger partial charge in [0.15, 0.2) is 0 Å². The molecule has 2 rings (SSSR count). The number of nitrogens with one attached hydrogen (secondary N) is 3. The first kappa shape index (κ1) is 18.6. The molecule has 9 nitrogen and oxygen atoms in total. The molecular formula is C15H18N4O5S. The lowest BCUT2D eigenvalue weighted by Gasteiger charge is -2.07. The summed E-state index contributed by atoms with van der Waals surface area (Å²) in [7, 11) is -0.595. The smallest absolute Gasteiger partial charge is 0.346 e. The molecular weight excluding hydrogens is 348 g/mol. The monoisotopic (exact) mass is 366 g/mol. The molecule has 0 saturated heterocycles. The predicted molar refractivity (Wildman–Crippen MR) is 92.0 cm³/mol. The Bertz CT molecular complexity index is 906. The maximum absolute atomic E-state index is 12.1. The number of nitrogens with zero attached hydrogens (tertiary/aromatic N) is 1. The van der Waals surface area contributed by atoms with E-state index in [4.69, 9.17) is 4.74 Å². The molecule has 134 valence electrons. The minimum Gasteiger partial charge on any atom is -0.497 e. The van der Waals surface area contributed by atoms with Gasteiger partial charge in [0, 0.05) is 12.1 Å². The maximum atomic E-state index is 12.1. The van der Waals surface area contributed by atoms with Crippen LogP contribution >= 0.6 is 0 Å². The van der Waals surface area contributed by atoms with E-state index in [9.17, 15) is 18.0 Å². The van der Waals surface area contributed by atoms with E-state index in [0.717, 1.165) is 0 Å². The number of carbonyl (C=O) groups excluding carboxylic acids is 1. The first-order valence-corrected chi connectivity index (χ1v) is 8.95. The first-order valence-electron chi connectivity index (χ1n) is 7.30. The van der Waals surface area contributed by atoms with Gasteiger partial charge in [0.2, 0.25) is 10.0 Å². The molecule has 0 aliphatic heterocycles. The largest absolute Gasteiger partial charge is 0.497 e. The summed E-state index contributed by atoms with van der Waals surface area (Å²) in [5.74, 6) is -0.214. The third-order valence-electron chi connectivity index (χ3n) is 3.34. The van der Waals surface area contributed by atoms with Crippen LogP contribution in [0.5, 0.6) is 5.75 Å². The fraction of sp³-hybridized carbons (Fsp3) is 0.267. The number of methoxy groups -OCH3 is 1. The van der Waals surface area contributed by atoms with Crippen LogP contribution < -0.4 is 20.5 Å². The minimum atomic E-state index is -3.42. The summed E-state index contributed by atoms with van der Waals surface area (Å²) in [5, 5.41) is 2.44. The summed E-state index contributed by atoms with van der Waals surface area (Å²) in [6.45, 7) is -0.0930. The molecule has 0 unspecified atom stereocenters. The van der Waals surface area contributed by atoms with Crippen molar-refractivity contribution in [3.8, 4) is 17.0 Å². The van der Waals surface area contributed by atoms with Crippen LogP contribution in [0.1, 0.15) is 10.5 Å². The normalized spacial score (nSPS) is 11.1. The van der Waals surface area contributed by atoms with Gasteiger partial charge >= 0.3 is 5.69 Å². The highest BCUT2D eigenvalue weighted by atomic mass is 32.2. The average Bonchev–Trinajstić information content (AvgIpc) is 2.61. The van der Waals surface area contributed by atoms with E-state index in [-0.39, 0.29) is 18.0 Å². The van der Waals surface area contributed by atoms with Crippen LogP contribution in [-0.4, -0.2) is 50.7 Å². The highest BCUT2D eigenvalue weighted by Gasteiger charge is 2.12. The molecule has 1 amide bonds. The second-order valence-corrected chi connectivity index (χ2v) is 7.04. The van der Waals surface area contributed by atoms with Crippen molar-refractivity contribution in [3.63, 3.8) is 0 Å². The van der Waals surface area contributed by atoms with Crippen molar-refractivity contribution in [1.29, 1.82) is 0 Å². The molecule has 0 fully saturated rings. The Hall–Kier alpha value is -2.72. The molecule has 1 aromatic carbocycles. The lowest BCUT2D eigenvalue weighted by Crippen LogP contribution is -2.34. The number of rotatable bonds is 7. The van der Waals surface area contributed by atoms with Crippen LogP contribution in [0.2, 0.25) is 0 Å². The number of ether oxygens (including phenoxy) is 1. The Balaban J connectivity index is 2.17. The first-order chi connectivity index (χ1) is 11.8. The van der Waals surface area contributed by atoms with Crippen LogP contribution in [0.25, 0.3) is 11.3 Å². The number of hydrogen-bond donors (Lipinski definition) is 3. The Morgan fingerprint density at radius 2 is 1.96 bits per heavy atom. The summed E-state index contributed by atoms with van der Waals surface area (Å²) in [6.07, 6.45) is 0. The second-order valence-electron chi connectivity index (χ2n) is 4.99. The zero-order valence-corrected chi connectivity index (χ0v) is 14.5. The number of benzene rings is 1. The van der Waals surface area contributed by atoms with Gasteiger partial charge in [0.1, 0.15) is 11.4 Å². The minimum absolute atomic E-state index is 0.00678. The Morgan fingerprint density at radius 1 is 1.28 bits per heavy atom. The highest BCUT2D eigenvalue weighted by molar-refractivity contribution is 7.89. The summed E-state index contributed by atoms with van der Waals surface area (Å²) >= 11 is 0. The van der Waals surface area contributed by atoms with Crippen molar-refractivity contribution in [1.82, 2.24) is 20.0 Å². The van der Waals surface area contributed by atoms with E-state index in [1.165, 1.54) is 20.2 Å². The van der Waals surface area contributed by atoms with Gasteiger partial charge in [-0.2, -0.15) is 4.98 Å². The van der Waals surface area contributed by atoms with Gasteiger partial charge in [0.25, 0.3) is 5.91 Å². The summed E-state index contributed by atoms with van der Waals surface area (Å²) in [4.78, 5) is 30.0. The zero-order chi connectivity index (χ0) is 18.4. The number of sulfonamides is 1.